The molecule has 0 aliphatic rings. The minimum Gasteiger partial charge on any atom is -0.478 e. The average molecular weight is 232 g/mol. The molecule has 0 saturated heterocycles. The first-order chi connectivity index (χ1) is 5.77. The molecule has 0 unspecified atom stereocenters. The van der Waals surface area contributed by atoms with Crippen molar-refractivity contribution in [2.24, 2.45) is 0 Å². The van der Waals surface area contributed by atoms with Crippen molar-refractivity contribution >= 4 is 15.9 Å². The molecule has 12 heavy (non-hydrogen) atoms. The summed E-state index contributed by atoms with van der Waals surface area (Å²) in [5, 5.41) is 8.93. The molecular weight excluding hydrogens is 222 g/mol. The highest BCUT2D eigenvalue weighted by Crippen LogP contribution is 2.19. The summed E-state index contributed by atoms with van der Waals surface area (Å²) < 4.78 is 6.03. The molecule has 1 N–H and O–H groups in total. The van der Waals surface area contributed by atoms with Crippen LogP contribution >= 0.6 is 15.9 Å². The second-order valence-electron chi connectivity index (χ2n) is 2.21. The molecule has 0 saturated carbocycles. The number of hydrogen-bond donors (Lipinski definition) is 1. The van der Waals surface area contributed by atoms with Crippen molar-refractivity contribution in [2.75, 3.05) is 6.61 Å². The van der Waals surface area contributed by atoms with E-state index in [2.05, 4.69) is 20.9 Å². The van der Waals surface area contributed by atoms with Crippen molar-refractivity contribution in [3.8, 4) is 5.88 Å². The van der Waals surface area contributed by atoms with Gasteiger partial charge in [-0.25, -0.2) is 4.98 Å². The van der Waals surface area contributed by atoms with Crippen LogP contribution in [0.2, 0.25) is 0 Å². The molecule has 1 aromatic heterocycles. The average Bonchev–Trinajstić information content (AvgIpc) is 2.08. The molecule has 3 nitrogen and oxygen atoms in total. The number of ether oxygens (including phenoxy) is 1. The Morgan fingerprint density at radius 1 is 1.67 bits per heavy atom. The largest absolute Gasteiger partial charge is 0.478 e. The number of rotatable bonds is 3. The molecular formula is C8H10BrNO2. The third-order valence-corrected chi connectivity index (χ3v) is 1.78. The van der Waals surface area contributed by atoms with E-state index in [1.54, 1.807) is 12.3 Å². The fourth-order valence-corrected chi connectivity index (χ4v) is 1.23. The quantitative estimate of drug-likeness (QED) is 0.862. The van der Waals surface area contributed by atoms with Gasteiger partial charge in [-0.2, -0.15) is 0 Å². The topological polar surface area (TPSA) is 42.4 Å². The lowest BCUT2D eigenvalue weighted by Crippen LogP contribution is -1.99. The van der Waals surface area contributed by atoms with Crippen molar-refractivity contribution in [1.82, 2.24) is 4.98 Å². The summed E-state index contributed by atoms with van der Waals surface area (Å²) in [5.74, 6) is 0.503. The van der Waals surface area contributed by atoms with Gasteiger partial charge in [-0.3, -0.25) is 0 Å². The Hall–Kier alpha value is -0.610. The van der Waals surface area contributed by atoms with Gasteiger partial charge in [-0.15, -0.1) is 0 Å². The molecule has 0 amide bonds. The van der Waals surface area contributed by atoms with Crippen LogP contribution in [0.15, 0.2) is 16.7 Å². The molecule has 0 aliphatic heterocycles. The van der Waals surface area contributed by atoms with Gasteiger partial charge in [0, 0.05) is 16.2 Å². The van der Waals surface area contributed by atoms with Crippen LogP contribution in [0, 0.1) is 0 Å². The monoisotopic (exact) mass is 231 g/mol. The third-order valence-electron chi connectivity index (χ3n) is 1.34. The van der Waals surface area contributed by atoms with Gasteiger partial charge in [0.25, 0.3) is 0 Å². The number of halogens is 1. The molecule has 0 fully saturated rings. The predicted molar refractivity (Wildman–Crippen MR) is 49.0 cm³/mol. The van der Waals surface area contributed by atoms with E-state index in [9.17, 15) is 0 Å². The lowest BCUT2D eigenvalue weighted by molar-refractivity contribution is 0.262. The Bertz CT molecular complexity index is 265. The molecule has 1 rings (SSSR count). The fraction of sp³-hybridized carbons (Fsp3) is 0.375. The van der Waals surface area contributed by atoms with Crippen LogP contribution in [0.1, 0.15) is 12.5 Å². The number of aliphatic hydroxyl groups excluding tert-OH is 1. The number of hydrogen-bond acceptors (Lipinski definition) is 3. The van der Waals surface area contributed by atoms with Gasteiger partial charge in [0.15, 0.2) is 0 Å². The third kappa shape index (κ3) is 2.19. The summed E-state index contributed by atoms with van der Waals surface area (Å²) in [6.45, 7) is 2.38. The van der Waals surface area contributed by atoms with Crippen LogP contribution in [0.25, 0.3) is 0 Å². The molecule has 0 spiro atoms. The van der Waals surface area contributed by atoms with E-state index in [1.165, 1.54) is 0 Å². The molecule has 1 heterocycles. The highest BCUT2D eigenvalue weighted by Gasteiger charge is 2.03. The van der Waals surface area contributed by atoms with Gasteiger partial charge >= 0.3 is 0 Å². The second kappa shape index (κ2) is 4.42. The first-order valence-electron chi connectivity index (χ1n) is 3.66. The van der Waals surface area contributed by atoms with Crippen molar-refractivity contribution < 1.29 is 9.84 Å². The Balaban J connectivity index is 2.94. The molecule has 0 atom stereocenters. The Morgan fingerprint density at radius 3 is 3.00 bits per heavy atom. The van der Waals surface area contributed by atoms with Crippen LogP contribution in [0.5, 0.6) is 5.88 Å². The van der Waals surface area contributed by atoms with Gasteiger partial charge in [0.1, 0.15) is 0 Å². The lowest BCUT2D eigenvalue weighted by Gasteiger charge is -2.06. The fourth-order valence-electron chi connectivity index (χ4n) is 0.849. The number of aromatic nitrogens is 1. The zero-order valence-electron chi connectivity index (χ0n) is 6.75. The van der Waals surface area contributed by atoms with Gasteiger partial charge in [0.05, 0.1) is 13.2 Å². The van der Waals surface area contributed by atoms with Crippen molar-refractivity contribution in [2.45, 2.75) is 13.5 Å². The van der Waals surface area contributed by atoms with Gasteiger partial charge in [-0.1, -0.05) is 0 Å². The highest BCUT2D eigenvalue weighted by atomic mass is 79.9. The maximum Gasteiger partial charge on any atom is 0.218 e. The SMILES string of the molecule is CCOc1ncc(Br)cc1CO. The molecule has 66 valence electrons. The van der Waals surface area contributed by atoms with Gasteiger partial charge in [0.2, 0.25) is 5.88 Å². The molecule has 0 aromatic carbocycles. The van der Waals surface area contributed by atoms with E-state index < -0.39 is 0 Å². The second-order valence-corrected chi connectivity index (χ2v) is 3.12. The van der Waals surface area contributed by atoms with Crippen molar-refractivity contribution in [1.29, 1.82) is 0 Å². The maximum atomic E-state index is 8.93. The summed E-state index contributed by atoms with van der Waals surface area (Å²) in [7, 11) is 0. The Labute approximate surface area is 79.5 Å². The van der Waals surface area contributed by atoms with Crippen LogP contribution in [0.4, 0.5) is 0 Å². The summed E-state index contributed by atoms with van der Waals surface area (Å²) in [6.07, 6.45) is 1.64. The lowest BCUT2D eigenvalue weighted by atomic mass is 10.3. The summed E-state index contributed by atoms with van der Waals surface area (Å²) in [4.78, 5) is 4.01. The molecule has 0 bridgehead atoms. The zero-order chi connectivity index (χ0) is 8.97. The molecule has 0 aliphatic carbocycles. The first-order valence-corrected chi connectivity index (χ1v) is 4.45. The van der Waals surface area contributed by atoms with Crippen LogP contribution < -0.4 is 4.74 Å². The summed E-state index contributed by atoms with van der Waals surface area (Å²) in [5.41, 5.74) is 0.700. The van der Waals surface area contributed by atoms with Crippen LogP contribution in [-0.2, 0) is 6.61 Å². The number of nitrogens with zero attached hydrogens (tertiary/aromatic N) is 1. The first kappa shape index (κ1) is 9.48. The Kier molecular flexibility index (Phi) is 3.49. The predicted octanol–water partition coefficient (Wildman–Crippen LogP) is 1.74. The highest BCUT2D eigenvalue weighted by molar-refractivity contribution is 9.10. The molecule has 0 radical (unpaired) electrons. The summed E-state index contributed by atoms with van der Waals surface area (Å²) >= 11 is 3.26. The number of aliphatic hydroxyl groups is 1. The minimum atomic E-state index is -0.0538. The zero-order valence-corrected chi connectivity index (χ0v) is 8.34. The van der Waals surface area contributed by atoms with E-state index in [4.69, 9.17) is 9.84 Å². The minimum absolute atomic E-state index is 0.0538. The van der Waals surface area contributed by atoms with Crippen LogP contribution in [0.3, 0.4) is 0 Å². The summed E-state index contributed by atoms with van der Waals surface area (Å²) in [6, 6.07) is 1.79. The van der Waals surface area contributed by atoms with Gasteiger partial charge < -0.3 is 9.84 Å². The van der Waals surface area contributed by atoms with E-state index in [0.717, 1.165) is 4.47 Å². The van der Waals surface area contributed by atoms with E-state index in [-0.39, 0.29) is 6.61 Å². The Morgan fingerprint density at radius 2 is 2.42 bits per heavy atom. The van der Waals surface area contributed by atoms with Crippen LogP contribution in [-0.4, -0.2) is 16.7 Å². The molecule has 4 heteroatoms. The smallest absolute Gasteiger partial charge is 0.218 e. The normalized spacial score (nSPS) is 9.92. The van der Waals surface area contributed by atoms with E-state index >= 15 is 0 Å². The van der Waals surface area contributed by atoms with Gasteiger partial charge in [-0.05, 0) is 28.9 Å². The standard InChI is InChI=1S/C8H10BrNO2/c1-2-12-8-6(5-11)3-7(9)4-10-8/h3-4,11H,2,5H2,1H3. The van der Waals surface area contributed by atoms with Crippen molar-refractivity contribution in [3.05, 3.63) is 22.3 Å². The number of pyridine rings is 1. The van der Waals surface area contributed by atoms with E-state index in [0.29, 0.717) is 18.1 Å². The molecule has 1 aromatic rings. The van der Waals surface area contributed by atoms with E-state index in [1.807, 2.05) is 6.92 Å². The maximum absolute atomic E-state index is 8.93. The van der Waals surface area contributed by atoms with Crippen molar-refractivity contribution in [3.63, 3.8) is 0 Å².